The first-order valence-corrected chi connectivity index (χ1v) is 10.2. The number of benzene rings is 1. The van der Waals surface area contributed by atoms with Crippen LogP contribution in [0.15, 0.2) is 24.3 Å². The van der Waals surface area contributed by atoms with Crippen LogP contribution in [0.4, 0.5) is 5.69 Å². The number of carbonyl (C=O) groups is 2. The third-order valence-electron chi connectivity index (χ3n) is 4.37. The van der Waals surface area contributed by atoms with Crippen molar-refractivity contribution in [3.63, 3.8) is 0 Å². The van der Waals surface area contributed by atoms with Gasteiger partial charge in [0.1, 0.15) is 18.2 Å². The molecule has 0 radical (unpaired) electrons. The van der Waals surface area contributed by atoms with Crippen LogP contribution in [0.25, 0.3) is 0 Å². The number of hydrogen-bond acceptors (Lipinski definition) is 7. The first kappa shape index (κ1) is 20.7. The molecule has 1 fully saturated rings. The van der Waals surface area contributed by atoms with Crippen molar-refractivity contribution < 1.29 is 14.3 Å². The van der Waals surface area contributed by atoms with Crippen LogP contribution >= 0.6 is 22.9 Å². The van der Waals surface area contributed by atoms with E-state index in [0.29, 0.717) is 15.7 Å². The molecule has 1 N–H and O–H groups in total. The molecule has 150 valence electrons. The van der Waals surface area contributed by atoms with Crippen LogP contribution in [0.2, 0.25) is 5.02 Å². The van der Waals surface area contributed by atoms with E-state index in [1.807, 2.05) is 4.90 Å². The second kappa shape index (κ2) is 9.92. The minimum atomic E-state index is -0.365. The van der Waals surface area contributed by atoms with E-state index in [9.17, 15) is 9.59 Å². The molecular weight excluding hydrogens is 402 g/mol. The smallest absolute Gasteiger partial charge is 0.286 e. The Morgan fingerprint density at radius 3 is 2.75 bits per heavy atom. The largest absolute Gasteiger partial charge is 0.364 e. The number of nitrogens with zero attached hydrogens (tertiary/aromatic N) is 4. The Bertz CT molecular complexity index is 823. The summed E-state index contributed by atoms with van der Waals surface area (Å²) in [4.78, 5) is 28.6. The van der Waals surface area contributed by atoms with Gasteiger partial charge < -0.3 is 19.9 Å². The number of hydrogen-bond donors (Lipinski definition) is 1. The van der Waals surface area contributed by atoms with Crippen molar-refractivity contribution in [3.05, 3.63) is 39.3 Å². The molecule has 0 spiro atoms. The second-order valence-corrected chi connectivity index (χ2v) is 7.77. The summed E-state index contributed by atoms with van der Waals surface area (Å²) in [7, 11) is 0. The number of nitrogens with one attached hydrogen (secondary N) is 1. The predicted molar refractivity (Wildman–Crippen MR) is 108 cm³/mol. The highest BCUT2D eigenvalue weighted by Crippen LogP contribution is 2.17. The van der Waals surface area contributed by atoms with Gasteiger partial charge in [-0.05, 0) is 24.7 Å². The highest BCUT2D eigenvalue weighted by Gasteiger charge is 2.20. The summed E-state index contributed by atoms with van der Waals surface area (Å²) in [5, 5.41) is 11.8. The molecule has 0 atom stereocenters. The van der Waals surface area contributed by atoms with Gasteiger partial charge in [-0.2, -0.15) is 0 Å². The molecule has 8 nitrogen and oxygen atoms in total. The molecule has 28 heavy (non-hydrogen) atoms. The Labute approximate surface area is 172 Å². The van der Waals surface area contributed by atoms with Crippen molar-refractivity contribution in [1.29, 1.82) is 0 Å². The van der Waals surface area contributed by atoms with Crippen LogP contribution in [0, 0.1) is 0 Å². The Kier molecular flexibility index (Phi) is 7.32. The molecule has 10 heteroatoms. The van der Waals surface area contributed by atoms with Gasteiger partial charge in [-0.3, -0.25) is 9.59 Å². The number of rotatable bonds is 7. The van der Waals surface area contributed by atoms with Crippen LogP contribution in [-0.2, 0) is 16.1 Å². The Morgan fingerprint density at radius 2 is 2.04 bits per heavy atom. The quantitative estimate of drug-likeness (QED) is 0.734. The van der Waals surface area contributed by atoms with Crippen LogP contribution in [0.3, 0.4) is 0 Å². The molecule has 2 amide bonds. The lowest BCUT2D eigenvalue weighted by Crippen LogP contribution is -2.49. The number of likely N-dealkylation sites (N-methyl/N-ethyl adjacent to an activating group) is 1. The number of ether oxygens (including phenoxy) is 1. The first-order chi connectivity index (χ1) is 13.5. The lowest BCUT2D eigenvalue weighted by molar-refractivity contribution is -0.138. The number of halogens is 1. The molecule has 1 aromatic carbocycles. The summed E-state index contributed by atoms with van der Waals surface area (Å²) < 4.78 is 5.47. The van der Waals surface area contributed by atoms with E-state index in [2.05, 4.69) is 27.3 Å². The zero-order chi connectivity index (χ0) is 19.9. The molecule has 2 heterocycles. The topological polar surface area (TPSA) is 87.7 Å². The summed E-state index contributed by atoms with van der Waals surface area (Å²) in [6.07, 6.45) is 0. The van der Waals surface area contributed by atoms with Crippen LogP contribution in [-0.4, -0.2) is 71.1 Å². The van der Waals surface area contributed by atoms with Gasteiger partial charge in [-0.15, -0.1) is 10.2 Å². The van der Waals surface area contributed by atoms with E-state index in [4.69, 9.17) is 16.3 Å². The molecule has 1 saturated heterocycles. The maximum absolute atomic E-state index is 12.2. The number of piperazine rings is 1. The van der Waals surface area contributed by atoms with Gasteiger partial charge in [0, 0.05) is 36.9 Å². The van der Waals surface area contributed by atoms with Gasteiger partial charge in [-0.1, -0.05) is 35.9 Å². The van der Waals surface area contributed by atoms with Crippen molar-refractivity contribution in [1.82, 2.24) is 20.0 Å². The molecule has 1 aliphatic rings. The average Bonchev–Trinajstić information content (AvgIpc) is 3.17. The summed E-state index contributed by atoms with van der Waals surface area (Å²) >= 11 is 7.04. The molecule has 2 aromatic rings. The molecule has 1 aromatic heterocycles. The van der Waals surface area contributed by atoms with E-state index < -0.39 is 0 Å². The first-order valence-electron chi connectivity index (χ1n) is 9.02. The number of aromatic nitrogens is 2. The van der Waals surface area contributed by atoms with Gasteiger partial charge >= 0.3 is 0 Å². The van der Waals surface area contributed by atoms with Crippen molar-refractivity contribution >= 4 is 40.4 Å². The highest BCUT2D eigenvalue weighted by atomic mass is 35.5. The minimum Gasteiger partial charge on any atom is -0.364 e. The van der Waals surface area contributed by atoms with Gasteiger partial charge in [-0.25, -0.2) is 0 Å². The van der Waals surface area contributed by atoms with Crippen molar-refractivity contribution in [2.45, 2.75) is 13.5 Å². The fraction of sp³-hybridized carbons (Fsp3) is 0.444. The number of amides is 2. The maximum Gasteiger partial charge on any atom is 0.286 e. The van der Waals surface area contributed by atoms with Crippen LogP contribution < -0.4 is 5.32 Å². The SMILES string of the molecule is CCN1CCN(C(=O)COCc2nnc(C(=O)Nc3cccc(Cl)c3)s2)CC1. The molecule has 1 aliphatic heterocycles. The monoisotopic (exact) mass is 423 g/mol. The van der Waals surface area contributed by atoms with Gasteiger partial charge in [0.05, 0.1) is 0 Å². The van der Waals surface area contributed by atoms with E-state index in [0.717, 1.165) is 44.1 Å². The van der Waals surface area contributed by atoms with E-state index in [-0.39, 0.29) is 30.0 Å². The molecule has 3 rings (SSSR count). The lowest BCUT2D eigenvalue weighted by Gasteiger charge is -2.33. The molecule has 0 bridgehead atoms. The van der Waals surface area contributed by atoms with Gasteiger partial charge in [0.25, 0.3) is 5.91 Å². The van der Waals surface area contributed by atoms with Gasteiger partial charge in [0.15, 0.2) is 0 Å². The fourth-order valence-corrected chi connectivity index (χ4v) is 3.65. The van der Waals surface area contributed by atoms with E-state index in [1.165, 1.54) is 0 Å². The zero-order valence-electron chi connectivity index (χ0n) is 15.6. The number of carbonyl (C=O) groups excluding carboxylic acids is 2. The summed E-state index contributed by atoms with van der Waals surface area (Å²) in [5.74, 6) is -0.393. The number of anilines is 1. The van der Waals surface area contributed by atoms with E-state index >= 15 is 0 Å². The van der Waals surface area contributed by atoms with E-state index in [1.54, 1.807) is 24.3 Å². The fourth-order valence-electron chi connectivity index (χ4n) is 2.78. The summed E-state index contributed by atoms with van der Waals surface area (Å²) in [6.45, 7) is 6.49. The van der Waals surface area contributed by atoms with Gasteiger partial charge in [0.2, 0.25) is 10.9 Å². The predicted octanol–water partition coefficient (Wildman–Crippen LogP) is 2.12. The summed E-state index contributed by atoms with van der Waals surface area (Å²) in [6, 6.07) is 6.86. The normalized spacial score (nSPS) is 14.9. The third-order valence-corrected chi connectivity index (χ3v) is 5.50. The maximum atomic E-state index is 12.2. The summed E-state index contributed by atoms with van der Waals surface area (Å²) in [5.41, 5.74) is 0.583. The average molecular weight is 424 g/mol. The molecule has 0 aliphatic carbocycles. The lowest BCUT2D eigenvalue weighted by atomic mass is 10.3. The van der Waals surface area contributed by atoms with Crippen molar-refractivity contribution in [3.8, 4) is 0 Å². The highest BCUT2D eigenvalue weighted by molar-refractivity contribution is 7.13. The second-order valence-electron chi connectivity index (χ2n) is 6.27. The van der Waals surface area contributed by atoms with Crippen LogP contribution in [0.5, 0.6) is 0 Å². The standard InChI is InChI=1S/C18H22ClN5O3S/c1-2-23-6-8-24(9-7-23)16(25)12-27-11-15-21-22-18(28-15)17(26)20-14-5-3-4-13(19)10-14/h3-5,10H,2,6-9,11-12H2,1H3,(H,20,26). The minimum absolute atomic E-state index is 0.00422. The van der Waals surface area contributed by atoms with Crippen molar-refractivity contribution in [2.75, 3.05) is 44.6 Å². The van der Waals surface area contributed by atoms with Crippen molar-refractivity contribution in [2.24, 2.45) is 0 Å². The Hall–Kier alpha value is -2.07. The van der Waals surface area contributed by atoms with Crippen LogP contribution in [0.1, 0.15) is 21.7 Å². The molecule has 0 saturated carbocycles. The molecular formula is C18H22ClN5O3S. The third kappa shape index (κ3) is 5.71. The Morgan fingerprint density at radius 1 is 1.25 bits per heavy atom. The Balaban J connectivity index is 1.43. The zero-order valence-corrected chi connectivity index (χ0v) is 17.1. The molecule has 0 unspecified atom stereocenters.